The third-order valence-electron chi connectivity index (χ3n) is 10.00. The Morgan fingerprint density at radius 2 is 1.09 bits per heavy atom. The van der Waals surface area contributed by atoms with Crippen LogP contribution in [0.1, 0.15) is 95.6 Å². The van der Waals surface area contributed by atoms with Crippen LogP contribution < -0.4 is 9.47 Å². The van der Waals surface area contributed by atoms with Gasteiger partial charge in [-0.1, -0.05) is 77.9 Å². The van der Waals surface area contributed by atoms with Crippen molar-refractivity contribution >= 4 is 35.2 Å². The monoisotopic (exact) mass is 730 g/mol. The molecule has 8 nitrogen and oxygen atoms in total. The molecule has 0 spiro atoms. The minimum absolute atomic E-state index is 0.105. The molecule has 0 radical (unpaired) electrons. The number of carboxylic acids is 2. The molecule has 2 aliphatic heterocycles. The van der Waals surface area contributed by atoms with E-state index in [0.29, 0.717) is 34.3 Å². The summed E-state index contributed by atoms with van der Waals surface area (Å²) in [6.07, 6.45) is 12.1. The molecule has 2 N–H and O–H groups in total. The van der Waals surface area contributed by atoms with Crippen LogP contribution in [0.25, 0.3) is 11.1 Å². The predicted molar refractivity (Wildman–Crippen MR) is 211 cm³/mol. The second kappa shape index (κ2) is 14.6. The molecule has 4 aromatic carbocycles. The SMILES string of the molecule is CC(=O)c1ccc(C(=O)O)c(C2=C3C=CC(C)=CC3Oc3cc(C)ccc32)c1.CC1=CC2Oc3cc(C)ccc3C(c3ccc(C=O)cc3C(=O)O)=C2C=C1. The summed E-state index contributed by atoms with van der Waals surface area (Å²) in [5.41, 5.74) is 11.6. The van der Waals surface area contributed by atoms with E-state index in [1.165, 1.54) is 19.1 Å². The van der Waals surface area contributed by atoms with Gasteiger partial charge in [0.1, 0.15) is 30.0 Å². The number of rotatable bonds is 6. The van der Waals surface area contributed by atoms with Gasteiger partial charge in [-0.25, -0.2) is 9.59 Å². The highest BCUT2D eigenvalue weighted by molar-refractivity contribution is 6.03. The van der Waals surface area contributed by atoms with Crippen LogP contribution >= 0.6 is 0 Å². The third-order valence-corrected chi connectivity index (χ3v) is 10.00. The molecule has 2 aliphatic carbocycles. The second-order valence-corrected chi connectivity index (χ2v) is 14.1. The number of ketones is 1. The number of aryl methyl sites for hydroxylation is 2. The van der Waals surface area contributed by atoms with Crippen molar-refractivity contribution in [3.63, 3.8) is 0 Å². The number of carboxylic acid groups (broad SMARTS) is 2. The first-order chi connectivity index (χ1) is 26.3. The van der Waals surface area contributed by atoms with Gasteiger partial charge < -0.3 is 19.7 Å². The zero-order chi connectivity index (χ0) is 39.1. The van der Waals surface area contributed by atoms with E-state index in [1.807, 2.05) is 101 Å². The molecule has 0 fully saturated rings. The average Bonchev–Trinajstić information content (AvgIpc) is 3.15. The first-order valence-corrected chi connectivity index (χ1v) is 17.8. The number of Topliss-reactive ketones (excluding diaryl/α,β-unsaturated/α-hetero) is 1. The van der Waals surface area contributed by atoms with E-state index in [0.717, 1.165) is 61.4 Å². The van der Waals surface area contributed by atoms with E-state index < -0.39 is 11.9 Å². The van der Waals surface area contributed by atoms with Gasteiger partial charge in [-0.2, -0.15) is 0 Å². The van der Waals surface area contributed by atoms with Crippen molar-refractivity contribution in [3.05, 3.63) is 187 Å². The fraction of sp³-hybridized carbons (Fsp3) is 0.149. The number of fused-ring (bicyclic) bond motifs is 4. The maximum absolute atomic E-state index is 12.0. The Bertz CT molecular complexity index is 2540. The Hall–Kier alpha value is -6.80. The lowest BCUT2D eigenvalue weighted by molar-refractivity contribution is 0.0685. The number of ether oxygens (including phenoxy) is 2. The summed E-state index contributed by atoms with van der Waals surface area (Å²) < 4.78 is 12.4. The van der Waals surface area contributed by atoms with Crippen molar-refractivity contribution in [3.8, 4) is 11.5 Å². The molecule has 0 saturated carbocycles. The number of carbonyl (C=O) groups excluding carboxylic acids is 2. The van der Waals surface area contributed by atoms with E-state index in [2.05, 4.69) is 0 Å². The Labute approximate surface area is 318 Å². The lowest BCUT2D eigenvalue weighted by Gasteiger charge is -2.31. The molecule has 4 aromatic rings. The topological polar surface area (TPSA) is 127 Å². The number of hydrogen-bond donors (Lipinski definition) is 2. The third kappa shape index (κ3) is 7.02. The van der Waals surface area contributed by atoms with Gasteiger partial charge in [-0.15, -0.1) is 0 Å². The van der Waals surface area contributed by atoms with Gasteiger partial charge in [0.2, 0.25) is 0 Å². The molecule has 2 atom stereocenters. The molecule has 0 amide bonds. The first kappa shape index (κ1) is 36.6. The van der Waals surface area contributed by atoms with Gasteiger partial charge >= 0.3 is 11.9 Å². The molecule has 2 heterocycles. The van der Waals surface area contributed by atoms with Gasteiger partial charge in [0, 0.05) is 44.5 Å². The van der Waals surface area contributed by atoms with E-state index >= 15 is 0 Å². The molecule has 0 saturated heterocycles. The molecule has 8 heteroatoms. The molecule has 274 valence electrons. The highest BCUT2D eigenvalue weighted by Crippen LogP contribution is 2.45. The van der Waals surface area contributed by atoms with Gasteiger partial charge in [-0.3, -0.25) is 9.59 Å². The molecule has 2 unspecified atom stereocenters. The van der Waals surface area contributed by atoms with Gasteiger partial charge in [0.05, 0.1) is 11.1 Å². The van der Waals surface area contributed by atoms with Crippen LogP contribution in [0.3, 0.4) is 0 Å². The number of carbonyl (C=O) groups is 4. The maximum atomic E-state index is 12.0. The minimum Gasteiger partial charge on any atom is -0.481 e. The van der Waals surface area contributed by atoms with Crippen LogP contribution in [0.15, 0.2) is 132 Å². The Morgan fingerprint density at radius 1 is 0.582 bits per heavy atom. The summed E-state index contributed by atoms with van der Waals surface area (Å²) in [6.45, 7) is 9.47. The summed E-state index contributed by atoms with van der Waals surface area (Å²) in [4.78, 5) is 47.0. The summed E-state index contributed by atoms with van der Waals surface area (Å²) in [6, 6.07) is 21.3. The fourth-order valence-corrected chi connectivity index (χ4v) is 7.29. The van der Waals surface area contributed by atoms with Gasteiger partial charge in [-0.05, 0) is 99.4 Å². The van der Waals surface area contributed by atoms with Crippen molar-refractivity contribution in [2.45, 2.75) is 46.8 Å². The molecule has 0 aromatic heterocycles. The van der Waals surface area contributed by atoms with Crippen molar-refractivity contribution in [1.29, 1.82) is 0 Å². The number of allylic oxidation sites excluding steroid dienone is 4. The number of aldehydes is 1. The van der Waals surface area contributed by atoms with Crippen molar-refractivity contribution in [1.82, 2.24) is 0 Å². The summed E-state index contributed by atoms with van der Waals surface area (Å²) in [5, 5.41) is 19.5. The van der Waals surface area contributed by atoms with E-state index in [1.54, 1.807) is 24.3 Å². The molecule has 55 heavy (non-hydrogen) atoms. The quantitative estimate of drug-likeness (QED) is 0.148. The summed E-state index contributed by atoms with van der Waals surface area (Å²) in [7, 11) is 0. The molecule has 8 rings (SSSR count). The van der Waals surface area contributed by atoms with Crippen LogP contribution in [0.4, 0.5) is 0 Å². The van der Waals surface area contributed by atoms with Crippen molar-refractivity contribution in [2.75, 3.05) is 0 Å². The molecule has 4 aliphatic rings. The highest BCUT2D eigenvalue weighted by Gasteiger charge is 2.32. The van der Waals surface area contributed by atoms with Crippen LogP contribution in [-0.4, -0.2) is 46.4 Å². The lowest BCUT2D eigenvalue weighted by atomic mass is 9.82. The highest BCUT2D eigenvalue weighted by atomic mass is 16.5. The zero-order valence-electron chi connectivity index (χ0n) is 31.0. The van der Waals surface area contributed by atoms with Crippen LogP contribution in [0.5, 0.6) is 11.5 Å². The fourth-order valence-electron chi connectivity index (χ4n) is 7.29. The maximum Gasteiger partial charge on any atom is 0.336 e. The van der Waals surface area contributed by atoms with E-state index in [4.69, 9.17) is 9.47 Å². The standard InChI is InChI=1S/C24H20O4.C23H18O4/c1-13-4-7-18-21(10-13)28-22-11-14(2)5-8-19(22)23(18)20-12-16(15(3)25)6-9-17(20)24(26)27;1-13-3-6-17-20(9-13)27-21-10-14(2)4-7-18(21)22(17)16-8-5-15(12-24)11-19(16)23(25)26/h4-12,21H,1-3H3,(H,26,27);3-12,20H,1-2H3,(H,25,26). The Kier molecular flexibility index (Phi) is 9.67. The lowest BCUT2D eigenvalue weighted by Crippen LogP contribution is -2.25. The van der Waals surface area contributed by atoms with Crippen LogP contribution in [0.2, 0.25) is 0 Å². The smallest absolute Gasteiger partial charge is 0.336 e. The first-order valence-electron chi connectivity index (χ1n) is 17.8. The average molecular weight is 731 g/mol. The Morgan fingerprint density at radius 3 is 1.58 bits per heavy atom. The molecule has 0 bridgehead atoms. The summed E-state index contributed by atoms with van der Waals surface area (Å²) in [5.74, 6) is -0.751. The largest absolute Gasteiger partial charge is 0.481 e. The normalized spacial score (nSPS) is 17.5. The number of benzene rings is 4. The van der Waals surface area contributed by atoms with E-state index in [9.17, 15) is 29.4 Å². The number of hydrogen-bond acceptors (Lipinski definition) is 6. The van der Waals surface area contributed by atoms with Crippen molar-refractivity contribution in [2.24, 2.45) is 0 Å². The van der Waals surface area contributed by atoms with Gasteiger partial charge in [0.15, 0.2) is 5.78 Å². The van der Waals surface area contributed by atoms with Gasteiger partial charge in [0.25, 0.3) is 0 Å². The molecular weight excluding hydrogens is 693 g/mol. The molecular formula is C47H38O8. The van der Waals surface area contributed by atoms with Crippen LogP contribution in [-0.2, 0) is 0 Å². The van der Waals surface area contributed by atoms with Crippen molar-refractivity contribution < 1.29 is 38.9 Å². The second-order valence-electron chi connectivity index (χ2n) is 14.1. The Balaban J connectivity index is 0.000000169. The predicted octanol–water partition coefficient (Wildman–Crippen LogP) is 9.56. The summed E-state index contributed by atoms with van der Waals surface area (Å²) >= 11 is 0. The van der Waals surface area contributed by atoms with E-state index in [-0.39, 0.29) is 29.1 Å². The number of aromatic carboxylic acids is 2. The van der Waals surface area contributed by atoms with Crippen LogP contribution in [0, 0.1) is 13.8 Å². The minimum atomic E-state index is -1.06. The zero-order valence-corrected chi connectivity index (χ0v) is 31.0.